The molecule has 0 radical (unpaired) electrons. The van der Waals surface area contributed by atoms with Crippen LogP contribution in [0.15, 0.2) is 0 Å². The Bertz CT molecular complexity index is 134. The molecule has 0 saturated carbocycles. The van der Waals surface area contributed by atoms with Crippen LogP contribution in [0.3, 0.4) is 0 Å². The quantitative estimate of drug-likeness (QED) is 0.635. The summed E-state index contributed by atoms with van der Waals surface area (Å²) < 4.78 is 48.8. The van der Waals surface area contributed by atoms with Crippen molar-refractivity contribution < 1.29 is 22.3 Å². The van der Waals surface area contributed by atoms with Gasteiger partial charge in [0.2, 0.25) is 0 Å². The molecule has 66 valence electrons. The topological polar surface area (TPSA) is 26.3 Å². The summed E-state index contributed by atoms with van der Waals surface area (Å²) >= 11 is 0. The summed E-state index contributed by atoms with van der Waals surface area (Å²) in [6.07, 6.45) is -3.63. The van der Waals surface area contributed by atoms with Gasteiger partial charge in [-0.2, -0.15) is 13.2 Å². The lowest BCUT2D eigenvalue weighted by molar-refractivity contribution is -0.152. The molecule has 0 bridgehead atoms. The number of hydrogen-bond acceptors (Lipinski definition) is 2. The van der Waals surface area contributed by atoms with E-state index in [1.165, 1.54) is 0 Å². The summed E-state index contributed by atoms with van der Waals surface area (Å²) in [4.78, 5) is 0. The van der Waals surface area contributed by atoms with E-state index in [0.717, 1.165) is 0 Å². The smallest absolute Gasteiger partial charge is 0.168 e. The molecule has 0 rings (SSSR count). The predicted octanol–water partition coefficient (Wildman–Crippen LogP) is 2.72. The number of halogens is 3. The van der Waals surface area contributed by atoms with Crippen molar-refractivity contribution >= 4 is 8.03 Å². The highest BCUT2D eigenvalue weighted by molar-refractivity contribution is 7.39. The number of alkyl halides is 3. The van der Waals surface area contributed by atoms with Crippen molar-refractivity contribution in [2.75, 3.05) is 12.8 Å². The summed E-state index contributed by atoms with van der Waals surface area (Å²) in [6, 6.07) is 0. The third-order valence-corrected chi connectivity index (χ3v) is 2.01. The van der Waals surface area contributed by atoms with Crippen LogP contribution < -0.4 is 0 Å². The monoisotopic (exact) mass is 189 g/mol. The lowest BCUT2D eigenvalue weighted by Crippen LogP contribution is -2.14. The Kier molecular flexibility index (Phi) is 4.61. The first-order valence-corrected chi connectivity index (χ1v) is 4.46. The van der Waals surface area contributed by atoms with Gasteiger partial charge in [0.25, 0.3) is 0 Å². The van der Waals surface area contributed by atoms with Gasteiger partial charge in [-0.15, -0.1) is 4.52 Å². The first-order chi connectivity index (χ1) is 4.95. The molecule has 0 saturated heterocycles. The van der Waals surface area contributed by atoms with Gasteiger partial charge in [0.1, 0.15) is 0 Å². The fourth-order valence-electron chi connectivity index (χ4n) is 0.392. The zero-order chi connectivity index (χ0) is 8.91. The lowest BCUT2D eigenvalue weighted by atomic mass is 10.6. The fraction of sp³-hybridized carbons (Fsp3) is 1.00. The van der Waals surface area contributed by atoms with Crippen LogP contribution in [0, 0.1) is 0 Å². The first-order valence-electron chi connectivity index (χ1n) is 3.10. The molecule has 0 N–H and O–H groups in total. The Morgan fingerprint density at radius 3 is 2.36 bits per heavy atom. The molecule has 2 nitrogen and oxygen atoms in total. The Morgan fingerprint density at radius 1 is 1.45 bits per heavy atom. The Balaban J connectivity index is 3.46. The summed E-state index contributed by atoms with van der Waals surface area (Å²) in [7, 11) is -2.11. The second-order valence-electron chi connectivity index (χ2n) is 1.94. The summed E-state index contributed by atoms with van der Waals surface area (Å²) in [6.45, 7) is 0.312. The van der Waals surface area contributed by atoms with Gasteiger partial charge < -0.3 is 0 Å². The molecule has 0 fully saturated rings. The first kappa shape index (κ1) is 10.8. The Hall–Kier alpha value is -0.150. The summed E-state index contributed by atoms with van der Waals surface area (Å²) in [5, 5.41) is 0. The molecule has 0 aliphatic carbocycles. The third kappa shape index (κ3) is 7.75. The van der Waals surface area contributed by atoms with Crippen LogP contribution in [0.25, 0.3) is 0 Å². The molecule has 6 heteroatoms. The standard InChI is InChI=1S/C5H9F3O2P/c1-2-3-11(9)10-4-5(6,7)8/h2-4H2,1H3/q+1. The maximum atomic E-state index is 11.4. The molecule has 0 aromatic carbocycles. The van der Waals surface area contributed by atoms with Crippen molar-refractivity contribution in [3.63, 3.8) is 0 Å². The summed E-state index contributed by atoms with van der Waals surface area (Å²) in [5.74, 6) is 0. The van der Waals surface area contributed by atoms with Crippen molar-refractivity contribution in [2.45, 2.75) is 19.5 Å². The second kappa shape index (κ2) is 4.67. The fourth-order valence-corrected chi connectivity index (χ4v) is 1.18. The van der Waals surface area contributed by atoms with E-state index < -0.39 is 20.8 Å². The van der Waals surface area contributed by atoms with E-state index in [0.29, 0.717) is 6.42 Å². The molecule has 0 heterocycles. The molecular formula is C5H9F3O2P+. The van der Waals surface area contributed by atoms with Gasteiger partial charge in [0.05, 0.1) is 0 Å². The highest BCUT2D eigenvalue weighted by Crippen LogP contribution is 2.27. The van der Waals surface area contributed by atoms with Crippen LogP contribution in [-0.4, -0.2) is 18.9 Å². The molecule has 0 amide bonds. The maximum absolute atomic E-state index is 11.4. The van der Waals surface area contributed by atoms with Crippen molar-refractivity contribution in [3.8, 4) is 0 Å². The van der Waals surface area contributed by atoms with E-state index in [-0.39, 0.29) is 6.16 Å². The van der Waals surface area contributed by atoms with Crippen molar-refractivity contribution in [2.24, 2.45) is 0 Å². The minimum Gasteiger partial charge on any atom is -0.168 e. The van der Waals surface area contributed by atoms with E-state index in [4.69, 9.17) is 0 Å². The van der Waals surface area contributed by atoms with Crippen LogP contribution in [0.4, 0.5) is 13.2 Å². The zero-order valence-electron chi connectivity index (χ0n) is 6.02. The van der Waals surface area contributed by atoms with E-state index in [2.05, 4.69) is 4.52 Å². The highest BCUT2D eigenvalue weighted by Gasteiger charge is 2.33. The van der Waals surface area contributed by atoms with Crippen LogP contribution in [-0.2, 0) is 9.09 Å². The molecule has 1 atom stereocenters. The maximum Gasteiger partial charge on any atom is 0.508 e. The Morgan fingerprint density at radius 2 is 2.00 bits per heavy atom. The molecule has 0 aromatic rings. The highest BCUT2D eigenvalue weighted by atomic mass is 31.1. The van der Waals surface area contributed by atoms with Gasteiger partial charge in [-0.3, -0.25) is 0 Å². The van der Waals surface area contributed by atoms with Gasteiger partial charge in [-0.05, 0) is 11.0 Å². The normalized spacial score (nSPS) is 13.3. The molecule has 0 aromatic heterocycles. The van der Waals surface area contributed by atoms with E-state index in [1.807, 2.05) is 0 Å². The van der Waals surface area contributed by atoms with Crippen molar-refractivity contribution in [1.82, 2.24) is 0 Å². The van der Waals surface area contributed by atoms with Crippen molar-refractivity contribution in [1.29, 1.82) is 0 Å². The second-order valence-corrected chi connectivity index (χ2v) is 3.32. The number of hydrogen-bond donors (Lipinski definition) is 0. The van der Waals surface area contributed by atoms with Crippen LogP contribution in [0.1, 0.15) is 13.3 Å². The van der Waals surface area contributed by atoms with Crippen LogP contribution in [0.2, 0.25) is 0 Å². The van der Waals surface area contributed by atoms with Crippen molar-refractivity contribution in [3.05, 3.63) is 0 Å². The van der Waals surface area contributed by atoms with Gasteiger partial charge >= 0.3 is 14.2 Å². The molecule has 0 aliphatic heterocycles. The van der Waals surface area contributed by atoms with E-state index in [9.17, 15) is 17.7 Å². The van der Waals surface area contributed by atoms with Gasteiger partial charge in [-0.1, -0.05) is 6.92 Å². The van der Waals surface area contributed by atoms with Crippen LogP contribution >= 0.6 is 8.03 Å². The van der Waals surface area contributed by atoms with E-state index >= 15 is 0 Å². The summed E-state index contributed by atoms with van der Waals surface area (Å²) in [5.41, 5.74) is 0. The molecular weight excluding hydrogens is 180 g/mol. The largest absolute Gasteiger partial charge is 0.508 e. The van der Waals surface area contributed by atoms with Gasteiger partial charge in [0, 0.05) is 0 Å². The average molecular weight is 189 g/mol. The Labute approximate surface area is 63.6 Å². The number of rotatable bonds is 4. The van der Waals surface area contributed by atoms with Crippen LogP contribution in [0.5, 0.6) is 0 Å². The minimum atomic E-state index is -4.38. The lowest BCUT2D eigenvalue weighted by Gasteiger charge is -1.98. The zero-order valence-corrected chi connectivity index (χ0v) is 6.91. The third-order valence-electron chi connectivity index (χ3n) is 0.778. The molecule has 11 heavy (non-hydrogen) atoms. The SMILES string of the molecule is CCC[P+](=O)OCC(F)(F)F. The van der Waals surface area contributed by atoms with Gasteiger partial charge in [0.15, 0.2) is 12.8 Å². The molecule has 0 spiro atoms. The minimum absolute atomic E-state index is 0.186. The molecule has 1 unspecified atom stereocenters. The van der Waals surface area contributed by atoms with Gasteiger partial charge in [-0.25, -0.2) is 0 Å². The average Bonchev–Trinajstić information content (AvgIpc) is 1.83. The predicted molar refractivity (Wildman–Crippen MR) is 34.8 cm³/mol. The molecule has 0 aliphatic rings. The van der Waals surface area contributed by atoms with E-state index in [1.54, 1.807) is 6.92 Å².